The molecule has 0 spiro atoms. The predicted octanol–water partition coefficient (Wildman–Crippen LogP) is 2.97. The van der Waals surface area contributed by atoms with Crippen LogP contribution in [0.15, 0.2) is 36.7 Å². The van der Waals surface area contributed by atoms with Crippen molar-refractivity contribution in [3.63, 3.8) is 0 Å². The third-order valence-electron chi connectivity index (χ3n) is 2.71. The summed E-state index contributed by atoms with van der Waals surface area (Å²) >= 11 is 0. The number of ether oxygens (including phenoxy) is 1. The molecule has 0 atom stereocenters. The van der Waals surface area contributed by atoms with Crippen LogP contribution in [0.2, 0.25) is 0 Å². The van der Waals surface area contributed by atoms with Crippen molar-refractivity contribution >= 4 is 5.69 Å². The van der Waals surface area contributed by atoms with Gasteiger partial charge in [-0.3, -0.25) is 15.1 Å². The number of hydrogen-bond acceptors (Lipinski definition) is 4. The monoisotopic (exact) mass is 244 g/mol. The van der Waals surface area contributed by atoms with E-state index in [4.69, 9.17) is 4.74 Å². The summed E-state index contributed by atoms with van der Waals surface area (Å²) in [5.41, 5.74) is 2.66. The summed E-state index contributed by atoms with van der Waals surface area (Å²) in [5, 5.41) is 10.9. The van der Waals surface area contributed by atoms with Crippen LogP contribution < -0.4 is 4.74 Å². The molecule has 0 bridgehead atoms. The van der Waals surface area contributed by atoms with Crippen molar-refractivity contribution in [1.29, 1.82) is 0 Å². The quantitative estimate of drug-likeness (QED) is 0.615. The topological polar surface area (TPSA) is 65.3 Å². The highest BCUT2D eigenvalue weighted by Crippen LogP contribution is 2.34. The summed E-state index contributed by atoms with van der Waals surface area (Å²) in [6.07, 6.45) is 3.37. The molecular weight excluding hydrogens is 232 g/mol. The Bertz CT molecular complexity index is 582. The van der Waals surface area contributed by atoms with Crippen molar-refractivity contribution < 1.29 is 9.66 Å². The molecule has 0 saturated heterocycles. The molecule has 92 valence electrons. The minimum absolute atomic E-state index is 0.0205. The third-order valence-corrected chi connectivity index (χ3v) is 2.71. The number of nitro groups is 1. The molecule has 0 fully saturated rings. The molecule has 1 heterocycles. The lowest BCUT2D eigenvalue weighted by atomic mass is 10.0. The number of aryl methyl sites for hydroxylation is 1. The van der Waals surface area contributed by atoms with Gasteiger partial charge in [-0.15, -0.1) is 0 Å². The minimum Gasteiger partial charge on any atom is -0.490 e. The number of methoxy groups -OCH3 is 1. The van der Waals surface area contributed by atoms with Crippen molar-refractivity contribution in [2.75, 3.05) is 7.11 Å². The molecule has 0 aliphatic carbocycles. The largest absolute Gasteiger partial charge is 0.490 e. The van der Waals surface area contributed by atoms with E-state index in [2.05, 4.69) is 4.98 Å². The first-order chi connectivity index (χ1) is 8.63. The number of aromatic nitrogens is 1. The minimum atomic E-state index is -0.442. The third kappa shape index (κ3) is 2.15. The number of rotatable bonds is 3. The second-order valence-corrected chi connectivity index (χ2v) is 3.83. The molecule has 5 nitrogen and oxygen atoms in total. The Morgan fingerprint density at radius 2 is 1.94 bits per heavy atom. The van der Waals surface area contributed by atoms with Crippen LogP contribution in [0.25, 0.3) is 11.1 Å². The van der Waals surface area contributed by atoms with Crippen molar-refractivity contribution in [3.8, 4) is 16.9 Å². The smallest absolute Gasteiger partial charge is 0.311 e. The predicted molar refractivity (Wildman–Crippen MR) is 67.6 cm³/mol. The lowest BCUT2D eigenvalue weighted by Crippen LogP contribution is -1.96. The Kier molecular flexibility index (Phi) is 3.23. The van der Waals surface area contributed by atoms with Crippen LogP contribution in [-0.2, 0) is 0 Å². The first-order valence-corrected chi connectivity index (χ1v) is 5.37. The summed E-state index contributed by atoms with van der Waals surface area (Å²) in [6.45, 7) is 1.84. The van der Waals surface area contributed by atoms with Crippen LogP contribution in [0.1, 0.15) is 5.56 Å². The van der Waals surface area contributed by atoms with Crippen LogP contribution in [0.4, 0.5) is 5.69 Å². The molecule has 2 rings (SSSR count). The molecule has 1 aromatic carbocycles. The molecule has 0 radical (unpaired) electrons. The summed E-state index contributed by atoms with van der Waals surface area (Å²) in [6, 6.07) is 6.92. The van der Waals surface area contributed by atoms with Gasteiger partial charge < -0.3 is 4.74 Å². The number of hydrogen-bond donors (Lipinski definition) is 0. The summed E-state index contributed by atoms with van der Waals surface area (Å²) in [5.74, 6) is 0.261. The lowest BCUT2D eigenvalue weighted by Gasteiger charge is -2.09. The van der Waals surface area contributed by atoms with Gasteiger partial charge in [0, 0.05) is 18.5 Å². The number of nitrogens with zero attached hydrogens (tertiary/aromatic N) is 2. The first-order valence-electron chi connectivity index (χ1n) is 5.37. The van der Waals surface area contributed by atoms with E-state index in [0.717, 1.165) is 16.7 Å². The number of benzene rings is 1. The summed E-state index contributed by atoms with van der Waals surface area (Å²) < 4.78 is 5.07. The van der Waals surface area contributed by atoms with Gasteiger partial charge in [0.2, 0.25) is 0 Å². The Morgan fingerprint density at radius 1 is 1.28 bits per heavy atom. The van der Waals surface area contributed by atoms with Crippen LogP contribution in [0, 0.1) is 17.0 Å². The van der Waals surface area contributed by atoms with Gasteiger partial charge >= 0.3 is 5.69 Å². The van der Waals surface area contributed by atoms with E-state index in [1.165, 1.54) is 13.2 Å². The van der Waals surface area contributed by atoms with Crippen LogP contribution in [-0.4, -0.2) is 17.0 Å². The zero-order valence-electron chi connectivity index (χ0n) is 10.1. The van der Waals surface area contributed by atoms with E-state index < -0.39 is 4.92 Å². The van der Waals surface area contributed by atoms with E-state index >= 15 is 0 Å². The maximum Gasteiger partial charge on any atom is 0.311 e. The van der Waals surface area contributed by atoms with E-state index in [1.807, 2.05) is 19.1 Å². The molecule has 0 N–H and O–H groups in total. The molecule has 0 aliphatic heterocycles. The molecule has 5 heteroatoms. The maximum absolute atomic E-state index is 10.9. The molecule has 0 unspecified atom stereocenters. The van der Waals surface area contributed by atoms with Gasteiger partial charge in [0.25, 0.3) is 0 Å². The Balaban J connectivity index is 2.61. The zero-order chi connectivity index (χ0) is 13.1. The highest BCUT2D eigenvalue weighted by Gasteiger charge is 2.17. The van der Waals surface area contributed by atoms with Crippen LogP contribution in [0.5, 0.6) is 5.75 Å². The van der Waals surface area contributed by atoms with Crippen LogP contribution >= 0.6 is 0 Å². The molecule has 1 aromatic heterocycles. The highest BCUT2D eigenvalue weighted by molar-refractivity contribution is 5.71. The van der Waals surface area contributed by atoms with Gasteiger partial charge in [-0.1, -0.05) is 0 Å². The summed E-state index contributed by atoms with van der Waals surface area (Å²) in [7, 11) is 1.42. The van der Waals surface area contributed by atoms with Crippen molar-refractivity contribution in [2.24, 2.45) is 0 Å². The number of pyridine rings is 1. The van der Waals surface area contributed by atoms with Crippen molar-refractivity contribution in [2.45, 2.75) is 6.92 Å². The molecular formula is C13H12N2O3. The Hall–Kier alpha value is -2.43. The van der Waals surface area contributed by atoms with Crippen molar-refractivity contribution in [1.82, 2.24) is 4.98 Å². The molecule has 0 aliphatic rings. The fourth-order valence-electron chi connectivity index (χ4n) is 1.82. The Morgan fingerprint density at radius 3 is 2.50 bits per heavy atom. The fourth-order valence-corrected chi connectivity index (χ4v) is 1.82. The SMILES string of the molecule is COc1cc(-c2ccncc2)c(C)cc1[N+](=O)[O-]. The highest BCUT2D eigenvalue weighted by atomic mass is 16.6. The van der Waals surface area contributed by atoms with Gasteiger partial charge in [-0.25, -0.2) is 0 Å². The van der Waals surface area contributed by atoms with Gasteiger partial charge in [0.05, 0.1) is 12.0 Å². The second-order valence-electron chi connectivity index (χ2n) is 3.83. The van der Waals surface area contributed by atoms with Crippen molar-refractivity contribution in [3.05, 3.63) is 52.3 Å². The van der Waals surface area contributed by atoms with Gasteiger partial charge in [0.1, 0.15) is 0 Å². The molecule has 18 heavy (non-hydrogen) atoms. The lowest BCUT2D eigenvalue weighted by molar-refractivity contribution is -0.385. The van der Waals surface area contributed by atoms with Crippen LogP contribution in [0.3, 0.4) is 0 Å². The summed E-state index contributed by atoms with van der Waals surface area (Å²) in [4.78, 5) is 14.4. The zero-order valence-corrected chi connectivity index (χ0v) is 10.1. The standard InChI is InChI=1S/C13H12N2O3/c1-9-7-12(15(16)17)13(18-2)8-11(9)10-3-5-14-6-4-10/h3-8H,1-2H3. The molecule has 0 saturated carbocycles. The van der Waals surface area contributed by atoms with E-state index in [9.17, 15) is 10.1 Å². The fraction of sp³-hybridized carbons (Fsp3) is 0.154. The Labute approximate surface area is 104 Å². The van der Waals surface area contributed by atoms with E-state index in [-0.39, 0.29) is 11.4 Å². The average Bonchev–Trinajstić information content (AvgIpc) is 2.39. The molecule has 0 amide bonds. The van der Waals surface area contributed by atoms with Gasteiger partial charge in [-0.05, 0) is 41.8 Å². The normalized spacial score (nSPS) is 10.1. The van der Waals surface area contributed by atoms with Gasteiger partial charge in [-0.2, -0.15) is 0 Å². The average molecular weight is 244 g/mol. The van der Waals surface area contributed by atoms with E-state index in [1.54, 1.807) is 18.5 Å². The second kappa shape index (κ2) is 4.83. The molecule has 2 aromatic rings. The number of nitro benzene ring substituents is 1. The first kappa shape index (κ1) is 12.0. The van der Waals surface area contributed by atoms with Gasteiger partial charge in [0.15, 0.2) is 5.75 Å². The maximum atomic E-state index is 10.9. The van der Waals surface area contributed by atoms with E-state index in [0.29, 0.717) is 0 Å².